The summed E-state index contributed by atoms with van der Waals surface area (Å²) in [5.41, 5.74) is 1.45. The summed E-state index contributed by atoms with van der Waals surface area (Å²) in [5.74, 6) is -1.55. The van der Waals surface area contributed by atoms with Gasteiger partial charge in [-0.15, -0.1) is 0 Å². The van der Waals surface area contributed by atoms with Gasteiger partial charge in [-0.25, -0.2) is 4.79 Å². The molecule has 0 unspecified atom stereocenters. The summed E-state index contributed by atoms with van der Waals surface area (Å²) in [6.45, 7) is 4.52. The molecule has 0 aliphatic rings. The zero-order chi connectivity index (χ0) is 23.4. The lowest BCUT2D eigenvalue weighted by Gasteiger charge is -2.08. The van der Waals surface area contributed by atoms with Gasteiger partial charge >= 0.3 is 5.97 Å². The van der Waals surface area contributed by atoms with Crippen molar-refractivity contribution in [3.05, 3.63) is 71.8 Å². The third-order valence-electron chi connectivity index (χ3n) is 4.28. The molecule has 2 aromatic carbocycles. The van der Waals surface area contributed by atoms with Crippen LogP contribution in [0.25, 0.3) is 0 Å². The van der Waals surface area contributed by atoms with E-state index in [0.29, 0.717) is 65.0 Å². The topological polar surface area (TPSA) is 89.5 Å². The maximum Gasteiger partial charge on any atom is 0.379 e. The second kappa shape index (κ2) is 17.9. The first-order valence-electron chi connectivity index (χ1n) is 11.0. The SMILES string of the molecule is O=C(OCCOCCOCCOCCOCCOCc1ccccc1)C(=O)c1ccccc1. The Bertz CT molecular complexity index is 766. The summed E-state index contributed by atoms with van der Waals surface area (Å²) in [4.78, 5) is 23.5. The fourth-order valence-electron chi connectivity index (χ4n) is 2.61. The number of rotatable bonds is 19. The molecule has 0 N–H and O–H groups in total. The molecule has 0 atom stereocenters. The molecule has 0 aliphatic heterocycles. The summed E-state index contributed by atoms with van der Waals surface area (Å²) in [6.07, 6.45) is 0. The minimum absolute atomic E-state index is 0.0117. The van der Waals surface area contributed by atoms with Gasteiger partial charge in [0.2, 0.25) is 0 Å². The summed E-state index contributed by atoms with van der Waals surface area (Å²) in [6, 6.07) is 18.3. The van der Waals surface area contributed by atoms with Crippen LogP contribution in [0.4, 0.5) is 0 Å². The number of carbonyl (C=O) groups excluding carboxylic acids is 2. The van der Waals surface area contributed by atoms with E-state index in [9.17, 15) is 9.59 Å². The van der Waals surface area contributed by atoms with Crippen LogP contribution in [0, 0.1) is 0 Å². The van der Waals surface area contributed by atoms with E-state index in [0.717, 1.165) is 5.56 Å². The zero-order valence-corrected chi connectivity index (χ0v) is 18.8. The van der Waals surface area contributed by atoms with Crippen molar-refractivity contribution in [3.8, 4) is 0 Å². The van der Waals surface area contributed by atoms with Gasteiger partial charge in [-0.3, -0.25) is 4.79 Å². The summed E-state index contributed by atoms with van der Waals surface area (Å²) in [5, 5.41) is 0. The quantitative estimate of drug-likeness (QED) is 0.137. The molecule has 0 aliphatic carbocycles. The molecule has 0 saturated heterocycles. The summed E-state index contributed by atoms with van der Waals surface area (Å²) >= 11 is 0. The van der Waals surface area contributed by atoms with E-state index in [1.54, 1.807) is 30.3 Å². The molecule has 33 heavy (non-hydrogen) atoms. The average Bonchev–Trinajstić information content (AvgIpc) is 2.86. The monoisotopic (exact) mass is 460 g/mol. The van der Waals surface area contributed by atoms with Crippen molar-refractivity contribution in [2.45, 2.75) is 6.61 Å². The van der Waals surface area contributed by atoms with Gasteiger partial charge in [-0.1, -0.05) is 60.7 Å². The molecule has 180 valence electrons. The van der Waals surface area contributed by atoms with Gasteiger partial charge in [0.15, 0.2) is 0 Å². The molecular formula is C25H32O8. The van der Waals surface area contributed by atoms with Crippen molar-refractivity contribution < 1.29 is 38.0 Å². The Balaban J connectivity index is 1.28. The van der Waals surface area contributed by atoms with Crippen molar-refractivity contribution in [3.63, 3.8) is 0 Å². The molecule has 0 spiro atoms. The number of carbonyl (C=O) groups is 2. The molecule has 0 saturated carbocycles. The molecule has 0 radical (unpaired) electrons. The Morgan fingerprint density at radius 1 is 0.515 bits per heavy atom. The molecule has 8 nitrogen and oxygen atoms in total. The first-order valence-corrected chi connectivity index (χ1v) is 11.0. The van der Waals surface area contributed by atoms with E-state index in [1.807, 2.05) is 30.3 Å². The molecule has 0 aromatic heterocycles. The van der Waals surface area contributed by atoms with Gasteiger partial charge < -0.3 is 28.4 Å². The lowest BCUT2D eigenvalue weighted by Crippen LogP contribution is -2.20. The Hall–Kier alpha value is -2.62. The van der Waals surface area contributed by atoms with Crippen LogP contribution in [0.3, 0.4) is 0 Å². The van der Waals surface area contributed by atoms with Crippen LogP contribution in [-0.2, 0) is 39.8 Å². The number of Topliss-reactive ketones (excluding diaryl/α,β-unsaturated/α-hetero) is 1. The summed E-state index contributed by atoms with van der Waals surface area (Å²) in [7, 11) is 0. The third-order valence-corrected chi connectivity index (χ3v) is 4.28. The van der Waals surface area contributed by atoms with Crippen LogP contribution >= 0.6 is 0 Å². The van der Waals surface area contributed by atoms with Crippen molar-refractivity contribution in [2.24, 2.45) is 0 Å². The first kappa shape index (κ1) is 26.6. The zero-order valence-electron chi connectivity index (χ0n) is 18.8. The van der Waals surface area contributed by atoms with E-state index in [4.69, 9.17) is 28.4 Å². The molecule has 0 heterocycles. The van der Waals surface area contributed by atoms with Gasteiger partial charge in [-0.05, 0) is 5.56 Å². The van der Waals surface area contributed by atoms with Crippen molar-refractivity contribution in [2.75, 3.05) is 66.1 Å². The predicted octanol–water partition coefficient (Wildman–Crippen LogP) is 2.70. The van der Waals surface area contributed by atoms with Crippen LogP contribution in [0.2, 0.25) is 0 Å². The molecule has 0 amide bonds. The lowest BCUT2D eigenvalue weighted by atomic mass is 10.1. The van der Waals surface area contributed by atoms with Gasteiger partial charge in [0.25, 0.3) is 5.78 Å². The maximum absolute atomic E-state index is 11.8. The Labute approximate surface area is 194 Å². The number of esters is 1. The fourth-order valence-corrected chi connectivity index (χ4v) is 2.61. The van der Waals surface area contributed by atoms with E-state index >= 15 is 0 Å². The number of hydrogen-bond donors (Lipinski definition) is 0. The van der Waals surface area contributed by atoms with Crippen molar-refractivity contribution in [1.29, 1.82) is 0 Å². The molecule has 2 rings (SSSR count). The second-order valence-corrected chi connectivity index (χ2v) is 6.82. The van der Waals surface area contributed by atoms with Gasteiger partial charge in [-0.2, -0.15) is 0 Å². The fraction of sp³-hybridized carbons (Fsp3) is 0.440. The van der Waals surface area contributed by atoms with Crippen LogP contribution in [0.5, 0.6) is 0 Å². The number of ether oxygens (including phenoxy) is 6. The van der Waals surface area contributed by atoms with Gasteiger partial charge in [0.05, 0.1) is 66.1 Å². The smallest absolute Gasteiger partial charge is 0.379 e. The highest BCUT2D eigenvalue weighted by Gasteiger charge is 2.16. The average molecular weight is 461 g/mol. The lowest BCUT2D eigenvalue weighted by molar-refractivity contribution is -0.139. The minimum Gasteiger partial charge on any atom is -0.457 e. The van der Waals surface area contributed by atoms with E-state index in [-0.39, 0.29) is 13.2 Å². The highest BCUT2D eigenvalue weighted by Crippen LogP contribution is 2.01. The second-order valence-electron chi connectivity index (χ2n) is 6.82. The standard InChI is InChI=1S/C25H32O8/c26-24(23-9-5-2-6-10-23)25(27)33-20-19-31-16-15-29-12-11-28-13-14-30-17-18-32-21-22-7-3-1-4-8-22/h1-10H,11-21H2. The van der Waals surface area contributed by atoms with Gasteiger partial charge in [0, 0.05) is 5.56 Å². The Morgan fingerprint density at radius 3 is 1.45 bits per heavy atom. The predicted molar refractivity (Wildman–Crippen MR) is 121 cm³/mol. The van der Waals surface area contributed by atoms with Gasteiger partial charge in [0.1, 0.15) is 6.61 Å². The van der Waals surface area contributed by atoms with E-state index < -0.39 is 11.8 Å². The van der Waals surface area contributed by atoms with Crippen molar-refractivity contribution >= 4 is 11.8 Å². The van der Waals surface area contributed by atoms with Crippen LogP contribution in [0.1, 0.15) is 15.9 Å². The molecule has 2 aromatic rings. The van der Waals surface area contributed by atoms with E-state index in [1.165, 1.54) is 0 Å². The van der Waals surface area contributed by atoms with Crippen LogP contribution in [-0.4, -0.2) is 77.8 Å². The largest absolute Gasteiger partial charge is 0.457 e. The van der Waals surface area contributed by atoms with Crippen LogP contribution in [0.15, 0.2) is 60.7 Å². The number of hydrogen-bond acceptors (Lipinski definition) is 8. The third kappa shape index (κ3) is 12.9. The highest BCUT2D eigenvalue weighted by molar-refractivity contribution is 6.40. The highest BCUT2D eigenvalue weighted by atomic mass is 16.6. The molecule has 8 heteroatoms. The molecule has 0 fully saturated rings. The molecule has 0 bridgehead atoms. The Morgan fingerprint density at radius 2 is 0.939 bits per heavy atom. The number of benzene rings is 2. The normalized spacial score (nSPS) is 10.8. The van der Waals surface area contributed by atoms with E-state index in [2.05, 4.69) is 0 Å². The van der Waals surface area contributed by atoms with Crippen LogP contribution < -0.4 is 0 Å². The maximum atomic E-state index is 11.8. The van der Waals surface area contributed by atoms with Crippen molar-refractivity contribution in [1.82, 2.24) is 0 Å². The summed E-state index contributed by atoms with van der Waals surface area (Å²) < 4.78 is 32.0. The molecular weight excluding hydrogens is 428 g/mol. The minimum atomic E-state index is -0.887. The first-order chi connectivity index (χ1) is 16.3. The Kier molecular flexibility index (Phi) is 14.4. The number of ketones is 1.